The van der Waals surface area contributed by atoms with Gasteiger partial charge >= 0.3 is 0 Å². The van der Waals surface area contributed by atoms with Crippen molar-refractivity contribution in [2.24, 2.45) is 0 Å². The third-order valence-electron chi connectivity index (χ3n) is 5.35. The number of carbonyl (C=O) groups excluding carboxylic acids is 1. The van der Waals surface area contributed by atoms with Crippen LogP contribution in [-0.2, 0) is 25.9 Å². The number of likely N-dealkylation sites (N-methyl/N-ethyl adjacent to an activating group) is 1. The molecule has 0 bridgehead atoms. The van der Waals surface area contributed by atoms with Crippen LogP contribution in [0.3, 0.4) is 0 Å². The highest BCUT2D eigenvalue weighted by molar-refractivity contribution is 7.91. The molecule has 0 radical (unpaired) electrons. The van der Waals surface area contributed by atoms with Crippen LogP contribution in [0.2, 0.25) is 10.0 Å². The average Bonchev–Trinajstić information content (AvgIpc) is 3.26. The van der Waals surface area contributed by atoms with Crippen LogP contribution in [0.15, 0.2) is 18.2 Å². The van der Waals surface area contributed by atoms with Gasteiger partial charge in [0.1, 0.15) is 0 Å². The number of nitrogens with zero attached hydrogens (tertiary/aromatic N) is 2. The van der Waals surface area contributed by atoms with Gasteiger partial charge in [-0.25, -0.2) is 8.42 Å². The maximum Gasteiger partial charge on any atom is 0.236 e. The van der Waals surface area contributed by atoms with E-state index in [1.54, 1.807) is 24.1 Å². The first-order chi connectivity index (χ1) is 13.2. The predicted molar refractivity (Wildman–Crippen MR) is 111 cm³/mol. The normalized spacial score (nSPS) is 24.0. The molecule has 2 aliphatic heterocycles. The fourth-order valence-electron chi connectivity index (χ4n) is 3.75. The van der Waals surface area contributed by atoms with E-state index in [9.17, 15) is 13.2 Å². The van der Waals surface area contributed by atoms with Crippen molar-refractivity contribution in [2.75, 3.05) is 38.2 Å². The Morgan fingerprint density at radius 1 is 1.25 bits per heavy atom. The molecule has 6 nitrogen and oxygen atoms in total. The summed E-state index contributed by atoms with van der Waals surface area (Å²) in [5.74, 6) is 0.240. The van der Waals surface area contributed by atoms with Crippen LogP contribution in [0.4, 0.5) is 0 Å². The second-order valence-electron chi connectivity index (χ2n) is 7.62. The molecule has 0 spiro atoms. The fourth-order valence-corrected chi connectivity index (χ4v) is 5.83. The van der Waals surface area contributed by atoms with Crippen molar-refractivity contribution in [3.63, 3.8) is 0 Å². The third-order valence-corrected chi connectivity index (χ3v) is 7.84. The Labute approximate surface area is 176 Å². The predicted octanol–water partition coefficient (Wildman–Crippen LogP) is 2.62. The molecule has 1 amide bonds. The molecule has 1 aromatic rings. The topological polar surface area (TPSA) is 66.9 Å². The minimum Gasteiger partial charge on any atom is -0.377 e. The second-order valence-corrected chi connectivity index (χ2v) is 10.7. The van der Waals surface area contributed by atoms with Crippen LogP contribution >= 0.6 is 23.2 Å². The summed E-state index contributed by atoms with van der Waals surface area (Å²) in [7, 11) is -1.29. The van der Waals surface area contributed by atoms with Crippen molar-refractivity contribution in [1.82, 2.24) is 9.80 Å². The summed E-state index contributed by atoms with van der Waals surface area (Å²) in [5, 5.41) is 0.931. The van der Waals surface area contributed by atoms with Crippen LogP contribution in [0.5, 0.6) is 0 Å². The molecule has 2 aliphatic rings. The van der Waals surface area contributed by atoms with Crippen molar-refractivity contribution >= 4 is 38.9 Å². The number of sulfone groups is 1. The van der Waals surface area contributed by atoms with Gasteiger partial charge < -0.3 is 9.64 Å². The molecule has 0 saturated carbocycles. The highest BCUT2D eigenvalue weighted by Crippen LogP contribution is 2.24. The second kappa shape index (κ2) is 9.30. The van der Waals surface area contributed by atoms with Crippen LogP contribution in [0.25, 0.3) is 0 Å². The van der Waals surface area contributed by atoms with E-state index < -0.39 is 9.84 Å². The summed E-state index contributed by atoms with van der Waals surface area (Å²) >= 11 is 12.0. The summed E-state index contributed by atoms with van der Waals surface area (Å²) in [6.07, 6.45) is 2.59. The van der Waals surface area contributed by atoms with Crippen molar-refractivity contribution in [1.29, 1.82) is 0 Å². The lowest BCUT2D eigenvalue weighted by Gasteiger charge is -2.31. The number of carbonyl (C=O) groups is 1. The molecule has 0 aromatic heterocycles. The van der Waals surface area contributed by atoms with Crippen LogP contribution < -0.4 is 0 Å². The summed E-state index contributed by atoms with van der Waals surface area (Å²) in [6.45, 7) is 1.91. The number of amides is 1. The summed E-state index contributed by atoms with van der Waals surface area (Å²) in [5.41, 5.74) is 0.888. The molecular weight excluding hydrogens is 423 g/mol. The molecule has 0 N–H and O–H groups in total. The van der Waals surface area contributed by atoms with Gasteiger partial charge in [-0.05, 0) is 37.0 Å². The minimum absolute atomic E-state index is 0.0617. The van der Waals surface area contributed by atoms with Gasteiger partial charge in [0, 0.05) is 32.8 Å². The van der Waals surface area contributed by atoms with E-state index in [1.807, 2.05) is 11.0 Å². The SMILES string of the molecule is CN(Cc1ccc(Cl)c(Cl)c1)C(=O)CN(CC1CCCO1)C1CCS(=O)(=O)C1. The Bertz CT molecular complexity index is 812. The van der Waals surface area contributed by atoms with E-state index in [0.29, 0.717) is 29.6 Å². The zero-order valence-corrected chi connectivity index (χ0v) is 18.3. The maximum absolute atomic E-state index is 12.8. The van der Waals surface area contributed by atoms with Crippen LogP contribution in [0.1, 0.15) is 24.8 Å². The van der Waals surface area contributed by atoms with Crippen molar-refractivity contribution in [3.05, 3.63) is 33.8 Å². The Morgan fingerprint density at radius 3 is 2.64 bits per heavy atom. The molecule has 1 aromatic carbocycles. The third kappa shape index (κ3) is 5.83. The van der Waals surface area contributed by atoms with Crippen molar-refractivity contribution in [3.8, 4) is 0 Å². The average molecular weight is 449 g/mol. The molecule has 0 aliphatic carbocycles. The monoisotopic (exact) mass is 448 g/mol. The van der Waals surface area contributed by atoms with Gasteiger partial charge in [-0.15, -0.1) is 0 Å². The van der Waals surface area contributed by atoms with Gasteiger partial charge in [-0.2, -0.15) is 0 Å². The molecule has 28 heavy (non-hydrogen) atoms. The number of halogens is 2. The number of hydrogen-bond acceptors (Lipinski definition) is 5. The smallest absolute Gasteiger partial charge is 0.236 e. The van der Waals surface area contributed by atoms with Gasteiger partial charge in [0.15, 0.2) is 9.84 Å². The summed E-state index contributed by atoms with van der Waals surface area (Å²) in [6, 6.07) is 5.18. The van der Waals surface area contributed by atoms with E-state index in [1.165, 1.54) is 0 Å². The van der Waals surface area contributed by atoms with Gasteiger partial charge in [0.2, 0.25) is 5.91 Å². The first-order valence-corrected chi connectivity index (χ1v) is 12.1. The van der Waals surface area contributed by atoms with E-state index in [4.69, 9.17) is 27.9 Å². The van der Waals surface area contributed by atoms with E-state index >= 15 is 0 Å². The molecule has 3 rings (SSSR count). The first-order valence-electron chi connectivity index (χ1n) is 9.47. The zero-order chi connectivity index (χ0) is 20.3. The Morgan fingerprint density at radius 2 is 2.04 bits per heavy atom. The van der Waals surface area contributed by atoms with E-state index in [-0.39, 0.29) is 36.1 Å². The summed E-state index contributed by atoms with van der Waals surface area (Å²) in [4.78, 5) is 16.5. The Kier molecular flexibility index (Phi) is 7.26. The quantitative estimate of drug-likeness (QED) is 0.641. The number of hydrogen-bond donors (Lipinski definition) is 0. The minimum atomic E-state index is -3.02. The van der Waals surface area contributed by atoms with Crippen LogP contribution in [0, 0.1) is 0 Å². The van der Waals surface area contributed by atoms with Gasteiger partial charge in [0.05, 0.1) is 34.2 Å². The maximum atomic E-state index is 12.8. The van der Waals surface area contributed by atoms with Crippen molar-refractivity contribution < 1.29 is 17.9 Å². The molecule has 156 valence electrons. The lowest BCUT2D eigenvalue weighted by atomic mass is 10.1. The standard InChI is InChI=1S/C19H26Cl2N2O4S/c1-22(10-14-4-5-17(20)18(21)9-14)19(24)12-23(11-16-3-2-7-27-16)15-6-8-28(25,26)13-15/h4-5,9,15-16H,2-3,6-8,10-13H2,1H3. The number of ether oxygens (including phenoxy) is 1. The Hall–Kier alpha value is -0.860. The first kappa shape index (κ1) is 21.8. The van der Waals surface area contributed by atoms with E-state index in [2.05, 4.69) is 0 Å². The molecule has 2 fully saturated rings. The largest absolute Gasteiger partial charge is 0.377 e. The molecule has 9 heteroatoms. The lowest BCUT2D eigenvalue weighted by Crippen LogP contribution is -2.47. The summed E-state index contributed by atoms with van der Waals surface area (Å²) < 4.78 is 29.6. The fraction of sp³-hybridized carbons (Fsp3) is 0.632. The Balaban J connectivity index is 1.64. The molecule has 2 heterocycles. The zero-order valence-electron chi connectivity index (χ0n) is 15.9. The number of benzene rings is 1. The molecule has 2 atom stereocenters. The molecule has 2 unspecified atom stereocenters. The highest BCUT2D eigenvalue weighted by atomic mass is 35.5. The van der Waals surface area contributed by atoms with E-state index in [0.717, 1.165) is 25.0 Å². The molecular formula is C19H26Cl2N2O4S. The molecule has 2 saturated heterocycles. The van der Waals surface area contributed by atoms with Crippen molar-refractivity contribution in [2.45, 2.75) is 38.0 Å². The number of rotatable bonds is 7. The highest BCUT2D eigenvalue weighted by Gasteiger charge is 2.35. The van der Waals surface area contributed by atoms with Crippen LogP contribution in [-0.4, -0.2) is 74.5 Å². The van der Waals surface area contributed by atoms with Gasteiger partial charge in [-0.1, -0.05) is 29.3 Å². The van der Waals surface area contributed by atoms with Gasteiger partial charge in [-0.3, -0.25) is 9.69 Å². The lowest BCUT2D eigenvalue weighted by molar-refractivity contribution is -0.132. The van der Waals surface area contributed by atoms with Gasteiger partial charge in [0.25, 0.3) is 0 Å².